The van der Waals surface area contributed by atoms with Gasteiger partial charge in [0.15, 0.2) is 11.5 Å². The summed E-state index contributed by atoms with van der Waals surface area (Å²) in [6, 6.07) is 7.90. The van der Waals surface area contributed by atoms with Gasteiger partial charge in [-0.1, -0.05) is 28.9 Å². The van der Waals surface area contributed by atoms with Crippen molar-refractivity contribution in [1.29, 1.82) is 0 Å². The summed E-state index contributed by atoms with van der Waals surface area (Å²) in [5.74, 6) is -2.66. The monoisotopic (exact) mass is 573 g/mol. The zero-order chi connectivity index (χ0) is 28.0. The Morgan fingerprint density at radius 2 is 1.89 bits per heavy atom. The number of carbonyl (C=O) groups excluding carboxylic acids is 1. The largest absolute Gasteiger partial charge is 0.434 e. The number of nitrogens with zero attached hydrogens (tertiary/aromatic N) is 4. The molecule has 38 heavy (non-hydrogen) atoms. The number of carbonyl (C=O) groups is 1. The minimum atomic E-state index is -5.11. The predicted octanol–water partition coefficient (Wildman–Crippen LogP) is 4.29. The second-order valence-corrected chi connectivity index (χ2v) is 9.64. The molecule has 2 aromatic heterocycles. The van der Waals surface area contributed by atoms with E-state index >= 15 is 0 Å². The second kappa shape index (κ2) is 9.83. The highest BCUT2D eigenvalue weighted by Gasteiger charge is 2.42. The lowest BCUT2D eigenvalue weighted by Gasteiger charge is -2.15. The first-order chi connectivity index (χ1) is 17.8. The molecule has 10 nitrogen and oxygen atoms in total. The van der Waals surface area contributed by atoms with Gasteiger partial charge >= 0.3 is 6.18 Å². The molecule has 2 aromatic carbocycles. The molecule has 200 valence electrons. The van der Waals surface area contributed by atoms with Crippen molar-refractivity contribution in [3.8, 4) is 28.3 Å². The van der Waals surface area contributed by atoms with Gasteiger partial charge in [-0.15, -0.1) is 0 Å². The summed E-state index contributed by atoms with van der Waals surface area (Å²) in [6.45, 7) is 0. The van der Waals surface area contributed by atoms with Crippen LogP contribution in [-0.2, 0) is 21.0 Å². The van der Waals surface area contributed by atoms with E-state index in [1.807, 2.05) is 0 Å². The van der Waals surface area contributed by atoms with E-state index in [1.54, 1.807) is 0 Å². The maximum Gasteiger partial charge on any atom is 0.434 e. The van der Waals surface area contributed by atoms with Crippen molar-refractivity contribution < 1.29 is 40.1 Å². The van der Waals surface area contributed by atoms with Crippen LogP contribution in [0.4, 0.5) is 17.6 Å². The van der Waals surface area contributed by atoms with Gasteiger partial charge in [0.1, 0.15) is 17.1 Å². The lowest BCUT2D eigenvalue weighted by atomic mass is 10.0. The Labute approximate surface area is 217 Å². The third-order valence-corrected chi connectivity index (χ3v) is 6.56. The average molecular weight is 574 g/mol. The van der Waals surface area contributed by atoms with Gasteiger partial charge in [-0.25, -0.2) is 27.7 Å². The van der Waals surface area contributed by atoms with E-state index in [1.165, 1.54) is 25.2 Å². The minimum absolute atomic E-state index is 0.189. The van der Waals surface area contributed by atoms with E-state index in [0.717, 1.165) is 37.6 Å². The molecule has 0 saturated carbocycles. The van der Waals surface area contributed by atoms with Gasteiger partial charge in [-0.3, -0.25) is 9.63 Å². The second-order valence-electron chi connectivity index (χ2n) is 7.68. The number of nitrogens with two attached hydrogens (primary N) is 1. The van der Waals surface area contributed by atoms with Crippen molar-refractivity contribution in [2.24, 2.45) is 5.14 Å². The summed E-state index contributed by atoms with van der Waals surface area (Å²) in [5.41, 5.74) is -3.97. The third kappa shape index (κ3) is 4.88. The standard InChI is InChI=1S/C22H16ClF4N5O5S/c1-31(36-2)21(33)17-18(16-14(23)7-4-8-15(16)24)30-37-19(17)13-10-29-32(20(13)22(25,26)27)11-5-3-6-12(9-11)38(28,34)35/h3-10H,1-2H3,(H2,28,34,35). The lowest BCUT2D eigenvalue weighted by molar-refractivity contribution is -0.142. The van der Waals surface area contributed by atoms with Gasteiger partial charge in [0.25, 0.3) is 5.91 Å². The van der Waals surface area contributed by atoms with Crippen molar-refractivity contribution in [3.05, 3.63) is 70.8 Å². The van der Waals surface area contributed by atoms with E-state index in [-0.39, 0.29) is 16.3 Å². The Hall–Kier alpha value is -3.79. The summed E-state index contributed by atoms with van der Waals surface area (Å²) in [7, 11) is -1.97. The van der Waals surface area contributed by atoms with Crippen LogP contribution in [0.5, 0.6) is 0 Å². The molecule has 0 saturated heterocycles. The zero-order valence-electron chi connectivity index (χ0n) is 19.3. The van der Waals surface area contributed by atoms with E-state index < -0.39 is 61.1 Å². The fourth-order valence-corrected chi connectivity index (χ4v) is 4.39. The number of rotatable bonds is 6. The molecule has 0 aliphatic carbocycles. The number of primary sulfonamides is 1. The van der Waals surface area contributed by atoms with Gasteiger partial charge in [0.2, 0.25) is 10.0 Å². The summed E-state index contributed by atoms with van der Waals surface area (Å²) in [4.78, 5) is 17.6. The van der Waals surface area contributed by atoms with E-state index in [4.69, 9.17) is 26.1 Å². The number of halogens is 5. The average Bonchev–Trinajstić information content (AvgIpc) is 3.47. The molecule has 4 rings (SSSR count). The molecule has 2 heterocycles. The molecule has 16 heteroatoms. The number of alkyl halides is 3. The third-order valence-electron chi connectivity index (χ3n) is 5.34. The molecule has 0 aliphatic rings. The summed E-state index contributed by atoms with van der Waals surface area (Å²) in [5, 5.41) is 13.0. The quantitative estimate of drug-likeness (QED) is 0.269. The van der Waals surface area contributed by atoms with Gasteiger partial charge < -0.3 is 4.52 Å². The molecular formula is C22H16ClF4N5O5S. The Morgan fingerprint density at radius 3 is 2.50 bits per heavy atom. The molecule has 0 unspecified atom stereocenters. The fraction of sp³-hybridized carbons (Fsp3) is 0.136. The molecule has 0 spiro atoms. The molecule has 4 aromatic rings. The molecule has 1 amide bonds. The van der Waals surface area contributed by atoms with Gasteiger partial charge in [0.05, 0.1) is 40.0 Å². The topological polar surface area (TPSA) is 134 Å². The minimum Gasteiger partial charge on any atom is -0.355 e. The van der Waals surface area contributed by atoms with Crippen molar-refractivity contribution in [1.82, 2.24) is 20.0 Å². The van der Waals surface area contributed by atoms with Crippen LogP contribution in [-0.4, -0.2) is 48.5 Å². The number of aromatic nitrogens is 3. The first-order valence-electron chi connectivity index (χ1n) is 10.3. The number of sulfonamides is 1. The van der Waals surface area contributed by atoms with Crippen molar-refractivity contribution in [3.63, 3.8) is 0 Å². The molecule has 0 aliphatic heterocycles. The SMILES string of the molecule is CON(C)C(=O)c1c(-c2c(F)cccc2Cl)noc1-c1cnn(-c2cccc(S(N)(=O)=O)c2)c1C(F)(F)F. The fourth-order valence-electron chi connectivity index (χ4n) is 3.58. The Bertz CT molecular complexity index is 1630. The van der Waals surface area contributed by atoms with Crippen molar-refractivity contribution in [2.75, 3.05) is 14.2 Å². The molecule has 0 radical (unpaired) electrons. The van der Waals surface area contributed by atoms with Gasteiger partial charge in [-0.05, 0) is 30.3 Å². The maximum atomic E-state index is 14.7. The van der Waals surface area contributed by atoms with Crippen LogP contribution in [0.1, 0.15) is 16.1 Å². The smallest absolute Gasteiger partial charge is 0.355 e. The van der Waals surface area contributed by atoms with Crippen LogP contribution >= 0.6 is 11.6 Å². The van der Waals surface area contributed by atoms with Crippen LogP contribution in [0.3, 0.4) is 0 Å². The Balaban J connectivity index is 2.03. The Kier molecular flexibility index (Phi) is 7.05. The van der Waals surface area contributed by atoms with Crippen molar-refractivity contribution in [2.45, 2.75) is 11.1 Å². The summed E-state index contributed by atoms with van der Waals surface area (Å²) < 4.78 is 87.0. The molecule has 0 bridgehead atoms. The van der Waals surface area contributed by atoms with Crippen LogP contribution in [0.25, 0.3) is 28.3 Å². The summed E-state index contributed by atoms with van der Waals surface area (Å²) in [6.07, 6.45) is -4.37. The first kappa shape index (κ1) is 27.3. The predicted molar refractivity (Wildman–Crippen MR) is 125 cm³/mol. The summed E-state index contributed by atoms with van der Waals surface area (Å²) >= 11 is 6.12. The number of amides is 1. The van der Waals surface area contributed by atoms with E-state index in [0.29, 0.717) is 9.75 Å². The lowest BCUT2D eigenvalue weighted by Crippen LogP contribution is -2.26. The zero-order valence-corrected chi connectivity index (χ0v) is 20.9. The number of hydrogen-bond acceptors (Lipinski definition) is 7. The number of hydrogen-bond donors (Lipinski definition) is 1. The van der Waals surface area contributed by atoms with Crippen LogP contribution in [0.2, 0.25) is 5.02 Å². The molecule has 0 atom stereocenters. The highest BCUT2D eigenvalue weighted by atomic mass is 35.5. The van der Waals surface area contributed by atoms with Crippen LogP contribution in [0, 0.1) is 5.82 Å². The first-order valence-corrected chi connectivity index (χ1v) is 12.2. The van der Waals surface area contributed by atoms with Crippen LogP contribution < -0.4 is 5.14 Å². The number of benzene rings is 2. The van der Waals surface area contributed by atoms with Crippen molar-refractivity contribution >= 4 is 27.5 Å². The maximum absolute atomic E-state index is 14.7. The van der Waals surface area contributed by atoms with Gasteiger partial charge in [-0.2, -0.15) is 18.3 Å². The molecule has 0 fully saturated rings. The highest BCUT2D eigenvalue weighted by Crippen LogP contribution is 2.43. The highest BCUT2D eigenvalue weighted by molar-refractivity contribution is 7.89. The molecular weight excluding hydrogens is 558 g/mol. The Morgan fingerprint density at radius 1 is 1.21 bits per heavy atom. The van der Waals surface area contributed by atoms with E-state index in [9.17, 15) is 30.8 Å². The van der Waals surface area contributed by atoms with Gasteiger partial charge in [0, 0.05) is 7.05 Å². The molecule has 2 N–H and O–H groups in total. The van der Waals surface area contributed by atoms with E-state index in [2.05, 4.69) is 10.3 Å². The normalized spacial score (nSPS) is 12.1. The van der Waals surface area contributed by atoms with Crippen LogP contribution in [0.15, 0.2) is 58.1 Å². The number of hydroxylamine groups is 2.